The molecule has 3 heterocycles. The number of hydrogen-bond donors (Lipinski definition) is 1. The van der Waals surface area contributed by atoms with Crippen molar-refractivity contribution in [3.8, 4) is 33.8 Å². The van der Waals surface area contributed by atoms with Crippen LogP contribution in [0.25, 0.3) is 44.9 Å². The average Bonchev–Trinajstić information content (AvgIpc) is 3.68. The number of nitrogens with zero attached hydrogens (tertiary/aromatic N) is 5. The van der Waals surface area contributed by atoms with Crippen LogP contribution >= 0.6 is 0 Å². The van der Waals surface area contributed by atoms with Crippen LogP contribution in [0.4, 0.5) is 0 Å². The van der Waals surface area contributed by atoms with Gasteiger partial charge in [0.15, 0.2) is 5.82 Å². The summed E-state index contributed by atoms with van der Waals surface area (Å²) in [5.74, 6) is 1.85. The van der Waals surface area contributed by atoms with Crippen LogP contribution in [0.15, 0.2) is 78.9 Å². The van der Waals surface area contributed by atoms with Gasteiger partial charge in [0, 0.05) is 17.5 Å². The van der Waals surface area contributed by atoms with E-state index in [2.05, 4.69) is 106 Å². The summed E-state index contributed by atoms with van der Waals surface area (Å²) in [6, 6.07) is 21.7. The van der Waals surface area contributed by atoms with Crippen LogP contribution in [0.2, 0.25) is 0 Å². The zero-order valence-electron chi connectivity index (χ0n) is 23.4. The van der Waals surface area contributed by atoms with Gasteiger partial charge in [-0.2, -0.15) is 0 Å². The number of tetrazole rings is 1. The number of unbranched alkanes of at least 4 members (excludes halogenated alkanes) is 2. The largest absolute Gasteiger partial charge is 0.295 e. The molecule has 6 heteroatoms. The second-order valence-electron chi connectivity index (χ2n) is 10.5. The quantitative estimate of drug-likeness (QED) is 0.198. The lowest BCUT2D eigenvalue weighted by Crippen LogP contribution is -2.02. The molecule has 0 saturated heterocycles. The van der Waals surface area contributed by atoms with E-state index in [-0.39, 0.29) is 0 Å². The second kappa shape index (κ2) is 11.8. The van der Waals surface area contributed by atoms with Gasteiger partial charge in [-0.25, -0.2) is 10.1 Å². The third kappa shape index (κ3) is 5.02. The molecule has 3 aromatic heterocycles. The summed E-state index contributed by atoms with van der Waals surface area (Å²) < 4.78 is 2.47. The topological polar surface area (TPSA) is 71.8 Å². The van der Waals surface area contributed by atoms with Gasteiger partial charge in [-0.3, -0.25) is 4.40 Å². The Bertz CT molecular complexity index is 1660. The van der Waals surface area contributed by atoms with Crippen molar-refractivity contribution >= 4 is 11.1 Å². The van der Waals surface area contributed by atoms with E-state index in [4.69, 9.17) is 4.98 Å². The molecule has 202 valence electrons. The molecular formula is C34H36N6. The molecule has 0 unspecified atom stereocenters. The summed E-state index contributed by atoms with van der Waals surface area (Å²) in [5.41, 5.74) is 10.9. The van der Waals surface area contributed by atoms with E-state index in [1.807, 2.05) is 12.1 Å². The van der Waals surface area contributed by atoms with Crippen molar-refractivity contribution in [2.24, 2.45) is 0 Å². The first kappa shape index (κ1) is 25.9. The fourth-order valence-electron chi connectivity index (χ4n) is 5.74. The van der Waals surface area contributed by atoms with E-state index >= 15 is 0 Å². The number of H-pyrrole nitrogens is 1. The van der Waals surface area contributed by atoms with Gasteiger partial charge in [-0.05, 0) is 70.9 Å². The summed E-state index contributed by atoms with van der Waals surface area (Å²) in [6.45, 7) is 4.51. The minimum absolute atomic E-state index is 0.669. The molecule has 1 N–H and O–H groups in total. The van der Waals surface area contributed by atoms with Gasteiger partial charge in [0.1, 0.15) is 5.82 Å². The van der Waals surface area contributed by atoms with Gasteiger partial charge in [-0.1, -0.05) is 99.5 Å². The summed E-state index contributed by atoms with van der Waals surface area (Å²) in [4.78, 5) is 5.31. The third-order valence-corrected chi connectivity index (χ3v) is 7.82. The van der Waals surface area contributed by atoms with E-state index in [1.54, 1.807) is 0 Å². The predicted molar refractivity (Wildman–Crippen MR) is 163 cm³/mol. The first-order valence-electron chi connectivity index (χ1n) is 14.6. The zero-order chi connectivity index (χ0) is 27.3. The molecule has 5 aromatic rings. The summed E-state index contributed by atoms with van der Waals surface area (Å²) in [7, 11) is 0. The number of aromatic amines is 1. The van der Waals surface area contributed by atoms with Crippen LogP contribution in [0, 0.1) is 0 Å². The highest BCUT2D eigenvalue weighted by molar-refractivity contribution is 5.85. The monoisotopic (exact) mass is 528 g/mol. The number of benzene rings is 2. The molecule has 6 rings (SSSR count). The smallest absolute Gasteiger partial charge is 0.180 e. The van der Waals surface area contributed by atoms with E-state index in [0.717, 1.165) is 68.1 Å². The molecule has 40 heavy (non-hydrogen) atoms. The summed E-state index contributed by atoms with van der Waals surface area (Å²) in [5, 5.41) is 14.6. The molecule has 0 amide bonds. The van der Waals surface area contributed by atoms with Crippen molar-refractivity contribution < 1.29 is 0 Å². The van der Waals surface area contributed by atoms with Gasteiger partial charge in [0.05, 0.1) is 16.9 Å². The Morgan fingerprint density at radius 1 is 0.825 bits per heavy atom. The number of fused-ring (bicyclic) bond motifs is 1. The van der Waals surface area contributed by atoms with E-state index < -0.39 is 0 Å². The molecule has 6 nitrogen and oxygen atoms in total. The number of rotatable bonds is 10. The molecule has 0 spiro atoms. The number of aryl methyl sites for hydroxylation is 2. The van der Waals surface area contributed by atoms with Crippen LogP contribution in [0.3, 0.4) is 0 Å². The highest BCUT2D eigenvalue weighted by Gasteiger charge is 2.20. The Balaban J connectivity index is 1.48. The molecule has 1 aliphatic carbocycles. The minimum atomic E-state index is 0.669. The zero-order valence-corrected chi connectivity index (χ0v) is 23.4. The van der Waals surface area contributed by atoms with Crippen molar-refractivity contribution in [2.75, 3.05) is 0 Å². The average molecular weight is 529 g/mol. The maximum atomic E-state index is 5.31. The van der Waals surface area contributed by atoms with Gasteiger partial charge in [-0.15, -0.1) is 5.10 Å². The molecular weight excluding hydrogens is 492 g/mol. The lowest BCUT2D eigenvalue weighted by atomic mass is 9.94. The fraction of sp³-hybridized carbons (Fsp3) is 0.294. The lowest BCUT2D eigenvalue weighted by molar-refractivity contribution is 0.741. The first-order chi connectivity index (χ1) is 19.8. The highest BCUT2D eigenvalue weighted by Crippen LogP contribution is 2.36. The number of hydrogen-bond acceptors (Lipinski definition) is 4. The van der Waals surface area contributed by atoms with Gasteiger partial charge in [0.2, 0.25) is 0 Å². The maximum Gasteiger partial charge on any atom is 0.180 e. The van der Waals surface area contributed by atoms with Crippen molar-refractivity contribution in [1.82, 2.24) is 30.0 Å². The molecule has 0 saturated carbocycles. The predicted octanol–water partition coefficient (Wildman–Crippen LogP) is 8.27. The lowest BCUT2D eigenvalue weighted by Gasteiger charge is -2.17. The van der Waals surface area contributed by atoms with Crippen molar-refractivity contribution in [2.45, 2.75) is 65.2 Å². The maximum absolute atomic E-state index is 5.31. The summed E-state index contributed by atoms with van der Waals surface area (Å²) >= 11 is 0. The Labute approximate surface area is 235 Å². The van der Waals surface area contributed by atoms with Crippen LogP contribution in [-0.4, -0.2) is 30.0 Å². The van der Waals surface area contributed by atoms with Gasteiger partial charge < -0.3 is 0 Å². The number of nitrogens with one attached hydrogen (secondary N) is 1. The number of pyridine rings is 1. The Morgan fingerprint density at radius 3 is 2.33 bits per heavy atom. The van der Waals surface area contributed by atoms with E-state index in [1.165, 1.54) is 39.4 Å². The molecule has 0 bridgehead atoms. The van der Waals surface area contributed by atoms with Gasteiger partial charge >= 0.3 is 0 Å². The SMILES string of the molecule is CCCCc1nc(CCCC)n2c(-c3ccc(-c4ccccc4-c4nnn[nH]4)cc3)ccc(C3=CC=CCC3)c12. The minimum Gasteiger partial charge on any atom is -0.295 e. The number of aromatic nitrogens is 6. The van der Waals surface area contributed by atoms with E-state index in [9.17, 15) is 0 Å². The van der Waals surface area contributed by atoms with Crippen molar-refractivity contribution in [3.05, 3.63) is 96.0 Å². The first-order valence-corrected chi connectivity index (χ1v) is 14.6. The van der Waals surface area contributed by atoms with Crippen molar-refractivity contribution in [1.29, 1.82) is 0 Å². The molecule has 0 fully saturated rings. The van der Waals surface area contributed by atoms with Crippen LogP contribution in [-0.2, 0) is 12.8 Å². The molecule has 0 atom stereocenters. The van der Waals surface area contributed by atoms with Crippen molar-refractivity contribution in [3.63, 3.8) is 0 Å². The third-order valence-electron chi connectivity index (χ3n) is 7.82. The highest BCUT2D eigenvalue weighted by atomic mass is 15.5. The normalized spacial score (nSPS) is 13.2. The molecule has 1 aliphatic rings. The number of imidazole rings is 1. The second-order valence-corrected chi connectivity index (χ2v) is 10.5. The fourth-order valence-corrected chi connectivity index (χ4v) is 5.74. The standard InChI is InChI=1S/C34H36N6/c1-3-5-16-30-33-28(24-12-8-7-9-13-24)22-23-31(40(33)32(35-30)17-6-4-2)26-20-18-25(19-21-26)27-14-10-11-15-29(27)34-36-38-39-37-34/h7-8,10-12,14-15,18-23H,3-6,9,13,16-17H2,1-2H3,(H,36,37,38,39). The molecule has 0 aliphatic heterocycles. The Hall–Kier alpha value is -4.32. The molecule has 0 radical (unpaired) electrons. The Kier molecular flexibility index (Phi) is 7.67. The Morgan fingerprint density at radius 2 is 1.60 bits per heavy atom. The molecule has 2 aromatic carbocycles. The summed E-state index contributed by atoms with van der Waals surface area (Å²) in [6.07, 6.45) is 15.5. The van der Waals surface area contributed by atoms with E-state index in [0.29, 0.717) is 5.82 Å². The van der Waals surface area contributed by atoms with Gasteiger partial charge in [0.25, 0.3) is 0 Å². The number of allylic oxidation sites excluding steroid dienone is 4. The van der Waals surface area contributed by atoms with Crippen LogP contribution < -0.4 is 0 Å². The van der Waals surface area contributed by atoms with Crippen LogP contribution in [0.5, 0.6) is 0 Å². The van der Waals surface area contributed by atoms with Crippen LogP contribution in [0.1, 0.15) is 69.5 Å².